The van der Waals surface area contributed by atoms with Gasteiger partial charge in [-0.2, -0.15) is 13.2 Å². The zero-order valence-electron chi connectivity index (χ0n) is 12.4. The van der Waals surface area contributed by atoms with Crippen molar-refractivity contribution < 1.29 is 32.5 Å². The van der Waals surface area contributed by atoms with Gasteiger partial charge in [-0.3, -0.25) is 4.79 Å². The summed E-state index contributed by atoms with van der Waals surface area (Å²) in [6, 6.07) is 2.11. The third kappa shape index (κ3) is 2.62. The second kappa shape index (κ2) is 5.62. The molecule has 0 radical (unpaired) electrons. The smallest absolute Gasteiger partial charge is 0.416 e. The molecule has 1 aliphatic carbocycles. The standard InChI is InChI=1S/C16H17F3O4/c17-16(18,19)10-4-5-11-13(23-9-8-22-11)12(10)15(14(20)21)6-2-1-3-7-15/h4-5H,1-3,6-9H2,(H,20,21). The van der Waals surface area contributed by atoms with Gasteiger partial charge in [-0.25, -0.2) is 0 Å². The Morgan fingerprint density at radius 1 is 1.09 bits per heavy atom. The van der Waals surface area contributed by atoms with Crippen molar-refractivity contribution in [2.45, 2.75) is 43.7 Å². The van der Waals surface area contributed by atoms with E-state index in [0.29, 0.717) is 12.8 Å². The highest BCUT2D eigenvalue weighted by atomic mass is 19.4. The lowest BCUT2D eigenvalue weighted by Gasteiger charge is -2.37. The maximum atomic E-state index is 13.5. The van der Waals surface area contributed by atoms with Crippen molar-refractivity contribution in [2.24, 2.45) is 0 Å². The molecule has 1 fully saturated rings. The van der Waals surface area contributed by atoms with Gasteiger partial charge in [0.25, 0.3) is 0 Å². The Bertz CT molecular complexity index is 618. The molecule has 1 aromatic carbocycles. The van der Waals surface area contributed by atoms with Crippen molar-refractivity contribution in [2.75, 3.05) is 13.2 Å². The molecule has 1 saturated carbocycles. The zero-order valence-corrected chi connectivity index (χ0v) is 12.4. The fourth-order valence-corrected chi connectivity index (χ4v) is 3.55. The molecule has 0 aromatic heterocycles. The highest BCUT2D eigenvalue weighted by Crippen LogP contribution is 2.52. The molecule has 0 atom stereocenters. The Morgan fingerprint density at radius 2 is 1.74 bits per heavy atom. The highest BCUT2D eigenvalue weighted by molar-refractivity contribution is 5.84. The molecule has 0 bridgehead atoms. The molecule has 0 unspecified atom stereocenters. The first-order chi connectivity index (χ1) is 10.9. The number of carboxylic acids is 1. The average Bonchev–Trinajstić information content (AvgIpc) is 2.53. The number of ether oxygens (including phenoxy) is 2. The third-order valence-corrected chi connectivity index (χ3v) is 4.61. The van der Waals surface area contributed by atoms with Crippen LogP contribution in [0.25, 0.3) is 0 Å². The van der Waals surface area contributed by atoms with Gasteiger partial charge in [0.15, 0.2) is 11.5 Å². The summed E-state index contributed by atoms with van der Waals surface area (Å²) in [4.78, 5) is 12.0. The lowest BCUT2D eigenvalue weighted by molar-refractivity contribution is -0.147. The van der Waals surface area contributed by atoms with Crippen LogP contribution in [0.4, 0.5) is 13.2 Å². The van der Waals surface area contributed by atoms with Crippen LogP contribution in [-0.2, 0) is 16.4 Å². The van der Waals surface area contributed by atoms with E-state index in [1.165, 1.54) is 6.07 Å². The Morgan fingerprint density at radius 3 is 2.35 bits per heavy atom. The number of rotatable bonds is 2. The molecule has 4 nitrogen and oxygen atoms in total. The number of aliphatic carboxylic acids is 1. The van der Waals surface area contributed by atoms with Gasteiger partial charge in [-0.1, -0.05) is 19.3 Å². The van der Waals surface area contributed by atoms with Crippen molar-refractivity contribution in [3.05, 3.63) is 23.3 Å². The van der Waals surface area contributed by atoms with Crippen molar-refractivity contribution in [3.8, 4) is 11.5 Å². The molecule has 7 heteroatoms. The van der Waals surface area contributed by atoms with E-state index >= 15 is 0 Å². The van der Waals surface area contributed by atoms with Crippen LogP contribution in [0.2, 0.25) is 0 Å². The first-order valence-corrected chi connectivity index (χ1v) is 7.60. The van der Waals surface area contributed by atoms with E-state index in [1.807, 2.05) is 0 Å². The molecule has 1 N–H and O–H groups in total. The van der Waals surface area contributed by atoms with Crippen LogP contribution in [0.15, 0.2) is 12.1 Å². The fourth-order valence-electron chi connectivity index (χ4n) is 3.55. The van der Waals surface area contributed by atoms with Crippen molar-refractivity contribution in [3.63, 3.8) is 0 Å². The molecule has 0 saturated heterocycles. The van der Waals surface area contributed by atoms with Crippen LogP contribution in [0, 0.1) is 0 Å². The van der Waals surface area contributed by atoms with Gasteiger partial charge >= 0.3 is 12.1 Å². The molecule has 1 heterocycles. The minimum Gasteiger partial charge on any atom is -0.486 e. The van der Waals surface area contributed by atoms with Gasteiger partial charge in [0.2, 0.25) is 0 Å². The topological polar surface area (TPSA) is 55.8 Å². The summed E-state index contributed by atoms with van der Waals surface area (Å²) in [7, 11) is 0. The quantitative estimate of drug-likeness (QED) is 0.897. The van der Waals surface area contributed by atoms with Crippen molar-refractivity contribution >= 4 is 5.97 Å². The van der Waals surface area contributed by atoms with Crippen LogP contribution in [0.1, 0.15) is 43.2 Å². The first-order valence-electron chi connectivity index (χ1n) is 7.60. The average molecular weight is 330 g/mol. The molecule has 0 amide bonds. The van der Waals surface area contributed by atoms with Gasteiger partial charge in [0.05, 0.1) is 11.0 Å². The van der Waals surface area contributed by atoms with Crippen LogP contribution in [-0.4, -0.2) is 24.3 Å². The summed E-state index contributed by atoms with van der Waals surface area (Å²) in [6.07, 6.45) is -2.33. The lowest BCUT2D eigenvalue weighted by atomic mass is 9.67. The SMILES string of the molecule is O=C(O)C1(c2c(C(F)(F)F)ccc3c2OCCO3)CCCCC1. The second-order valence-electron chi connectivity index (χ2n) is 5.96. The van der Waals surface area contributed by atoms with E-state index in [1.54, 1.807) is 0 Å². The van der Waals surface area contributed by atoms with Crippen LogP contribution < -0.4 is 9.47 Å². The van der Waals surface area contributed by atoms with Crippen LogP contribution >= 0.6 is 0 Å². The molecule has 126 valence electrons. The zero-order chi connectivity index (χ0) is 16.7. The number of hydrogen-bond donors (Lipinski definition) is 1. The monoisotopic (exact) mass is 330 g/mol. The van der Waals surface area contributed by atoms with E-state index < -0.39 is 23.1 Å². The summed E-state index contributed by atoms with van der Waals surface area (Å²) < 4.78 is 51.3. The summed E-state index contributed by atoms with van der Waals surface area (Å²) in [5, 5.41) is 9.77. The Hall–Kier alpha value is -1.92. The van der Waals surface area contributed by atoms with E-state index in [2.05, 4.69) is 0 Å². The maximum absolute atomic E-state index is 13.5. The molecular formula is C16H17F3O4. The van der Waals surface area contributed by atoms with E-state index in [4.69, 9.17) is 9.47 Å². The number of hydrogen-bond acceptors (Lipinski definition) is 3. The predicted octanol–water partition coefficient (Wildman–Crippen LogP) is 3.76. The Kier molecular flexibility index (Phi) is 3.90. The first kappa shape index (κ1) is 16.0. The highest BCUT2D eigenvalue weighted by Gasteiger charge is 2.50. The largest absolute Gasteiger partial charge is 0.486 e. The molecule has 23 heavy (non-hydrogen) atoms. The fraction of sp³-hybridized carbons (Fsp3) is 0.562. The van der Waals surface area contributed by atoms with Gasteiger partial charge in [-0.05, 0) is 25.0 Å². The summed E-state index contributed by atoms with van der Waals surface area (Å²) in [5.41, 5.74) is -2.78. The van der Waals surface area contributed by atoms with E-state index in [0.717, 1.165) is 12.5 Å². The van der Waals surface area contributed by atoms with E-state index in [9.17, 15) is 23.1 Å². The molecule has 3 rings (SSSR count). The predicted molar refractivity (Wildman–Crippen MR) is 74.8 cm³/mol. The lowest BCUT2D eigenvalue weighted by Crippen LogP contribution is -2.40. The van der Waals surface area contributed by atoms with Gasteiger partial charge in [-0.15, -0.1) is 0 Å². The summed E-state index contributed by atoms with van der Waals surface area (Å²) in [6.45, 7) is 0.342. The summed E-state index contributed by atoms with van der Waals surface area (Å²) >= 11 is 0. The van der Waals surface area contributed by atoms with E-state index in [-0.39, 0.29) is 43.1 Å². The van der Waals surface area contributed by atoms with Gasteiger partial charge in [0.1, 0.15) is 13.2 Å². The summed E-state index contributed by atoms with van der Waals surface area (Å²) in [5.74, 6) is -1.11. The van der Waals surface area contributed by atoms with Crippen molar-refractivity contribution in [1.29, 1.82) is 0 Å². The number of benzene rings is 1. The molecule has 2 aliphatic rings. The molecule has 1 aliphatic heterocycles. The Balaban J connectivity index is 2.28. The molecule has 1 aromatic rings. The number of fused-ring (bicyclic) bond motifs is 1. The van der Waals surface area contributed by atoms with Crippen molar-refractivity contribution in [1.82, 2.24) is 0 Å². The number of carboxylic acid groups (broad SMARTS) is 1. The van der Waals surface area contributed by atoms with Gasteiger partial charge < -0.3 is 14.6 Å². The second-order valence-corrected chi connectivity index (χ2v) is 5.96. The number of halogens is 3. The third-order valence-electron chi connectivity index (χ3n) is 4.61. The Labute approximate surface area is 131 Å². The van der Waals surface area contributed by atoms with Gasteiger partial charge in [0, 0.05) is 5.56 Å². The minimum absolute atomic E-state index is 0.0598. The number of alkyl halides is 3. The molecular weight excluding hydrogens is 313 g/mol. The van der Waals surface area contributed by atoms with Crippen LogP contribution in [0.3, 0.4) is 0 Å². The number of carbonyl (C=O) groups is 1. The van der Waals surface area contributed by atoms with Crippen LogP contribution in [0.5, 0.6) is 11.5 Å². The molecule has 0 spiro atoms. The minimum atomic E-state index is -4.65. The normalized spacial score (nSPS) is 20.1. The maximum Gasteiger partial charge on any atom is 0.416 e.